The van der Waals surface area contributed by atoms with Gasteiger partial charge >= 0.3 is 0 Å². The molecule has 6 heteroatoms. The Kier molecular flexibility index (Phi) is 2.77. The van der Waals surface area contributed by atoms with Gasteiger partial charge in [-0.25, -0.2) is 13.2 Å². The number of hydrogen-bond acceptors (Lipinski definition) is 2. The van der Waals surface area contributed by atoms with Crippen LogP contribution in [0.3, 0.4) is 0 Å². The summed E-state index contributed by atoms with van der Waals surface area (Å²) in [5.41, 5.74) is -0.509. The number of benzene rings is 1. The Hall–Kier alpha value is -1.30. The van der Waals surface area contributed by atoms with Gasteiger partial charge in [-0.2, -0.15) is 0 Å². The minimum absolute atomic E-state index is 0.158. The van der Waals surface area contributed by atoms with E-state index in [1.165, 1.54) is 6.07 Å². The molecule has 1 aliphatic rings. The average molecular weight is 260 g/mol. The molecule has 0 saturated carbocycles. The summed E-state index contributed by atoms with van der Waals surface area (Å²) < 4.78 is 38.8. The zero-order valence-electron chi connectivity index (χ0n) is 9.27. The first-order valence-corrected chi connectivity index (χ1v) is 5.43. The van der Waals surface area contributed by atoms with Gasteiger partial charge in [0.1, 0.15) is 10.8 Å². The normalized spacial score (nSPS) is 17.4. The van der Waals surface area contributed by atoms with Crippen LogP contribution in [0.2, 0.25) is 0 Å². The Labute approximate surface area is 102 Å². The highest BCUT2D eigenvalue weighted by atomic mass is 32.1. The number of hydrogen-bond donors (Lipinski definition) is 2. The molecule has 92 valence electrons. The number of anilines is 2. The number of nitrogens with one attached hydrogen (secondary N) is 2. The highest BCUT2D eigenvalue weighted by molar-refractivity contribution is 7.80. The first-order valence-electron chi connectivity index (χ1n) is 5.02. The Morgan fingerprint density at radius 3 is 2.53 bits per heavy atom. The number of rotatable bonds is 1. The van der Waals surface area contributed by atoms with E-state index < -0.39 is 17.8 Å². The molecule has 1 heterocycles. The number of thiocarbonyl (C=S) groups is 1. The molecule has 1 aromatic rings. The summed E-state index contributed by atoms with van der Waals surface area (Å²) in [6.07, 6.45) is -2.75. The number of fused-ring (bicyclic) bond motifs is 1. The third kappa shape index (κ3) is 2.09. The third-order valence-electron chi connectivity index (χ3n) is 2.62. The molecule has 2 rings (SSSR count). The van der Waals surface area contributed by atoms with Crippen LogP contribution in [0, 0.1) is 5.82 Å². The third-order valence-corrected chi connectivity index (χ3v) is 3.23. The van der Waals surface area contributed by atoms with E-state index in [1.807, 2.05) is 0 Å². The number of halogens is 3. The topological polar surface area (TPSA) is 24.1 Å². The van der Waals surface area contributed by atoms with Crippen molar-refractivity contribution in [3.63, 3.8) is 0 Å². The largest absolute Gasteiger partial charge is 0.372 e. The maximum Gasteiger partial charge on any atom is 0.266 e. The SMILES string of the molecule is CC1(C)Nc2cc(F)cc(C(F)F)c2NC1=S. The molecule has 0 fully saturated rings. The molecule has 0 aromatic heterocycles. The quantitative estimate of drug-likeness (QED) is 0.753. The van der Waals surface area contributed by atoms with E-state index in [1.54, 1.807) is 13.8 Å². The molecule has 0 radical (unpaired) electrons. The van der Waals surface area contributed by atoms with Gasteiger partial charge in [0, 0.05) is 5.56 Å². The first-order chi connectivity index (χ1) is 7.81. The van der Waals surface area contributed by atoms with E-state index in [2.05, 4.69) is 10.6 Å². The van der Waals surface area contributed by atoms with Crippen molar-refractivity contribution < 1.29 is 13.2 Å². The summed E-state index contributed by atoms with van der Waals surface area (Å²) in [5, 5.41) is 5.69. The Morgan fingerprint density at radius 2 is 1.94 bits per heavy atom. The van der Waals surface area contributed by atoms with Crippen LogP contribution in [0.4, 0.5) is 24.5 Å². The van der Waals surface area contributed by atoms with Crippen LogP contribution < -0.4 is 10.6 Å². The summed E-state index contributed by atoms with van der Waals surface area (Å²) in [4.78, 5) is 0.401. The second-order valence-electron chi connectivity index (χ2n) is 4.42. The fourth-order valence-electron chi connectivity index (χ4n) is 1.70. The minimum Gasteiger partial charge on any atom is -0.372 e. The zero-order valence-corrected chi connectivity index (χ0v) is 10.1. The van der Waals surface area contributed by atoms with Gasteiger partial charge in [0.2, 0.25) is 0 Å². The summed E-state index contributed by atoms with van der Waals surface area (Å²) in [5.74, 6) is -0.697. The van der Waals surface area contributed by atoms with E-state index in [0.717, 1.165) is 6.07 Å². The molecule has 0 aliphatic carbocycles. The lowest BCUT2D eigenvalue weighted by atomic mass is 9.99. The van der Waals surface area contributed by atoms with Gasteiger partial charge in [-0.1, -0.05) is 12.2 Å². The van der Waals surface area contributed by atoms with Crippen molar-refractivity contribution in [2.75, 3.05) is 10.6 Å². The van der Waals surface area contributed by atoms with Crippen molar-refractivity contribution >= 4 is 28.6 Å². The first kappa shape index (κ1) is 12.2. The minimum atomic E-state index is -2.75. The van der Waals surface area contributed by atoms with Crippen LogP contribution in [-0.2, 0) is 0 Å². The van der Waals surface area contributed by atoms with Gasteiger partial charge in [-0.05, 0) is 26.0 Å². The monoisotopic (exact) mass is 260 g/mol. The van der Waals surface area contributed by atoms with Gasteiger partial charge in [0.25, 0.3) is 6.43 Å². The van der Waals surface area contributed by atoms with Crippen molar-refractivity contribution in [2.24, 2.45) is 0 Å². The molecule has 0 unspecified atom stereocenters. The predicted octanol–water partition coefficient (Wildman–Crippen LogP) is 3.71. The Bertz CT molecular complexity index is 486. The van der Waals surface area contributed by atoms with E-state index in [9.17, 15) is 13.2 Å². The van der Waals surface area contributed by atoms with Crippen LogP contribution >= 0.6 is 12.2 Å². The van der Waals surface area contributed by atoms with Crippen LogP contribution in [-0.4, -0.2) is 10.5 Å². The average Bonchev–Trinajstić information content (AvgIpc) is 2.18. The molecule has 1 aliphatic heterocycles. The van der Waals surface area contributed by atoms with E-state index >= 15 is 0 Å². The Balaban J connectivity index is 2.57. The van der Waals surface area contributed by atoms with Crippen molar-refractivity contribution in [2.45, 2.75) is 25.8 Å². The molecule has 0 bridgehead atoms. The lowest BCUT2D eigenvalue weighted by molar-refractivity contribution is 0.152. The summed E-state index contributed by atoms with van der Waals surface area (Å²) in [6, 6.07) is 2.00. The van der Waals surface area contributed by atoms with E-state index in [0.29, 0.717) is 10.7 Å². The van der Waals surface area contributed by atoms with Crippen molar-refractivity contribution in [3.05, 3.63) is 23.5 Å². The van der Waals surface area contributed by atoms with Crippen molar-refractivity contribution in [3.8, 4) is 0 Å². The second kappa shape index (κ2) is 3.87. The smallest absolute Gasteiger partial charge is 0.266 e. The molecule has 0 saturated heterocycles. The molecule has 1 aromatic carbocycles. The highest BCUT2D eigenvalue weighted by Gasteiger charge is 2.32. The van der Waals surface area contributed by atoms with Gasteiger partial charge in [0.05, 0.1) is 16.9 Å². The summed E-state index contributed by atoms with van der Waals surface area (Å²) in [7, 11) is 0. The van der Waals surface area contributed by atoms with Gasteiger partial charge in [-0.15, -0.1) is 0 Å². The van der Waals surface area contributed by atoms with E-state index in [-0.39, 0.29) is 11.3 Å². The zero-order chi connectivity index (χ0) is 12.8. The fourth-order valence-corrected chi connectivity index (χ4v) is 1.85. The van der Waals surface area contributed by atoms with E-state index in [4.69, 9.17) is 12.2 Å². The highest BCUT2D eigenvalue weighted by Crippen LogP contribution is 2.39. The summed E-state index contributed by atoms with van der Waals surface area (Å²) in [6.45, 7) is 3.58. The fraction of sp³-hybridized carbons (Fsp3) is 0.364. The summed E-state index contributed by atoms with van der Waals surface area (Å²) >= 11 is 5.08. The molecule has 2 nitrogen and oxygen atoms in total. The second-order valence-corrected chi connectivity index (χ2v) is 4.83. The Morgan fingerprint density at radius 1 is 1.29 bits per heavy atom. The lowest BCUT2D eigenvalue weighted by Gasteiger charge is -2.36. The molecule has 2 N–H and O–H groups in total. The van der Waals surface area contributed by atoms with Gasteiger partial charge < -0.3 is 10.6 Å². The molecule has 0 atom stereocenters. The molecule has 17 heavy (non-hydrogen) atoms. The van der Waals surface area contributed by atoms with Gasteiger partial charge in [0.15, 0.2) is 0 Å². The molecule has 0 amide bonds. The molecular weight excluding hydrogens is 249 g/mol. The van der Waals surface area contributed by atoms with Crippen LogP contribution in [0.1, 0.15) is 25.8 Å². The maximum atomic E-state index is 13.2. The molecular formula is C11H11F3N2S. The van der Waals surface area contributed by atoms with Gasteiger partial charge in [-0.3, -0.25) is 0 Å². The van der Waals surface area contributed by atoms with Crippen LogP contribution in [0.25, 0.3) is 0 Å². The predicted molar refractivity (Wildman–Crippen MR) is 65.3 cm³/mol. The van der Waals surface area contributed by atoms with Crippen molar-refractivity contribution in [1.82, 2.24) is 0 Å². The van der Waals surface area contributed by atoms with Crippen LogP contribution in [0.5, 0.6) is 0 Å². The standard InChI is InChI=1S/C11H11F3N2S/c1-11(2)10(17)15-8-6(9(13)14)3-5(12)4-7(8)16-11/h3-4,9,16H,1-2H3,(H,15,17). The van der Waals surface area contributed by atoms with Crippen molar-refractivity contribution in [1.29, 1.82) is 0 Å². The lowest BCUT2D eigenvalue weighted by Crippen LogP contribution is -2.46. The van der Waals surface area contributed by atoms with Crippen LogP contribution in [0.15, 0.2) is 12.1 Å². The number of alkyl halides is 2. The molecule has 0 spiro atoms. The maximum absolute atomic E-state index is 13.2.